The first-order valence-electron chi connectivity index (χ1n) is 19.1. The number of ether oxygens (including phenoxy) is 2. The molecule has 0 saturated carbocycles. The van der Waals surface area contributed by atoms with Crippen molar-refractivity contribution in [3.63, 3.8) is 0 Å². The lowest BCUT2D eigenvalue weighted by molar-refractivity contribution is 0.0489. The second kappa shape index (κ2) is 19.1. The normalized spacial score (nSPS) is 13.4. The summed E-state index contributed by atoms with van der Waals surface area (Å²) in [6.07, 6.45) is 2.44. The molecule has 5 rings (SSSR count). The fraction of sp³-hybridized carbons (Fsp3) is 0.319. The van der Waals surface area contributed by atoms with Crippen LogP contribution in [0.25, 0.3) is 0 Å². The number of hydrogen-bond acceptors (Lipinski definition) is 6. The number of rotatable bonds is 18. The molecule has 0 fully saturated rings. The van der Waals surface area contributed by atoms with E-state index in [1.165, 1.54) is 0 Å². The number of benzene rings is 5. The summed E-state index contributed by atoms with van der Waals surface area (Å²) < 4.78 is 40.5. The Morgan fingerprint density at radius 2 is 1.00 bits per heavy atom. The van der Waals surface area contributed by atoms with Gasteiger partial charge in [-0.2, -0.15) is 0 Å². The molecule has 0 amide bonds. The van der Waals surface area contributed by atoms with E-state index in [0.29, 0.717) is 26.2 Å². The van der Waals surface area contributed by atoms with Crippen molar-refractivity contribution in [2.45, 2.75) is 78.8 Å². The van der Waals surface area contributed by atoms with E-state index in [0.717, 1.165) is 37.6 Å². The smallest absolute Gasteiger partial charge is 0.407 e. The molecule has 0 aromatic heterocycles. The van der Waals surface area contributed by atoms with E-state index >= 15 is 0 Å². The minimum atomic E-state index is -3.32. The van der Waals surface area contributed by atoms with Gasteiger partial charge in [0.05, 0.1) is 37.6 Å². The maximum absolute atomic E-state index is 7.49. The van der Waals surface area contributed by atoms with Crippen molar-refractivity contribution >= 4 is 37.9 Å². The first-order valence-corrected chi connectivity index (χ1v) is 22.8. The van der Waals surface area contributed by atoms with E-state index in [2.05, 4.69) is 152 Å². The van der Waals surface area contributed by atoms with Crippen molar-refractivity contribution in [2.24, 2.45) is 0 Å². The average Bonchev–Trinajstić information content (AvgIpc) is 3.18. The van der Waals surface area contributed by atoms with Crippen LogP contribution < -0.4 is 25.5 Å². The van der Waals surface area contributed by atoms with Crippen LogP contribution in [0.2, 0.25) is 0 Å². The molecule has 55 heavy (non-hydrogen) atoms. The molecule has 290 valence electrons. The van der Waals surface area contributed by atoms with Gasteiger partial charge in [-0.3, -0.25) is 0 Å². The maximum atomic E-state index is 7.49. The zero-order valence-corrected chi connectivity index (χ0v) is 35.8. The van der Waals surface area contributed by atoms with Gasteiger partial charge in [-0.15, -0.1) is 0 Å². The summed E-state index contributed by atoms with van der Waals surface area (Å²) in [6.45, 7) is 16.0. The third kappa shape index (κ3) is 11.9. The van der Waals surface area contributed by atoms with Crippen LogP contribution >= 0.6 is 0 Å². The first-order chi connectivity index (χ1) is 26.3. The zero-order chi connectivity index (χ0) is 39.4. The van der Waals surface area contributed by atoms with E-state index in [-0.39, 0.29) is 6.10 Å². The predicted molar refractivity (Wildman–Crippen MR) is 229 cm³/mol. The average molecular weight is 775 g/mol. The molecule has 0 unspecified atom stereocenters. The highest BCUT2D eigenvalue weighted by Crippen LogP contribution is 2.25. The van der Waals surface area contributed by atoms with E-state index < -0.39 is 28.3 Å². The molecule has 0 radical (unpaired) electrons. The van der Waals surface area contributed by atoms with Crippen LogP contribution in [0.1, 0.15) is 60.5 Å². The van der Waals surface area contributed by atoms with Gasteiger partial charge in [-0.1, -0.05) is 145 Å². The van der Waals surface area contributed by atoms with Gasteiger partial charge in [-0.25, -0.2) is 0 Å². The van der Waals surface area contributed by atoms with Crippen LogP contribution in [0.5, 0.6) is 5.75 Å². The molecule has 0 N–H and O–H groups in total. The molecule has 0 bridgehead atoms. The van der Waals surface area contributed by atoms with E-state index in [4.69, 9.17) is 27.2 Å². The van der Waals surface area contributed by atoms with Crippen molar-refractivity contribution in [1.29, 1.82) is 0 Å². The topological polar surface area (TPSA) is 55.4 Å². The molecule has 5 aromatic rings. The van der Waals surface area contributed by atoms with Gasteiger partial charge in [-0.05, 0) is 93.3 Å². The van der Waals surface area contributed by atoms with Crippen LogP contribution in [0.3, 0.4) is 0 Å². The van der Waals surface area contributed by atoms with Crippen LogP contribution in [-0.4, -0.2) is 54.8 Å². The summed E-state index contributed by atoms with van der Waals surface area (Å²) in [5.41, 5.74) is 1.16. The highest BCUT2D eigenvalue weighted by molar-refractivity contribution is 6.93. The van der Waals surface area contributed by atoms with Crippen molar-refractivity contribution in [1.82, 2.24) is 0 Å². The molecule has 0 saturated heterocycles. The fourth-order valence-electron chi connectivity index (χ4n) is 6.50. The Morgan fingerprint density at radius 3 is 1.42 bits per heavy atom. The van der Waals surface area contributed by atoms with Crippen molar-refractivity contribution in [2.75, 3.05) is 20.3 Å². The molecule has 0 aliphatic heterocycles. The third-order valence-electron chi connectivity index (χ3n) is 8.78. The third-order valence-corrected chi connectivity index (χ3v) is 16.1. The lowest BCUT2D eigenvalue weighted by atomic mass is 10.2. The summed E-state index contributed by atoms with van der Waals surface area (Å²) in [5, 5.41) is 4.20. The van der Waals surface area contributed by atoms with E-state index in [1.807, 2.05) is 48.5 Å². The molecule has 1 atom stereocenters. The minimum absolute atomic E-state index is 0.351. The Bertz CT molecular complexity index is 1810. The largest absolute Gasteiger partial charge is 0.497 e. The van der Waals surface area contributed by atoms with Gasteiger partial charge in [0.2, 0.25) is 0 Å². The molecule has 5 aromatic carbocycles. The van der Waals surface area contributed by atoms with Gasteiger partial charge < -0.3 is 27.2 Å². The summed E-state index contributed by atoms with van der Waals surface area (Å²) in [5.74, 6) is 0.821. The van der Waals surface area contributed by atoms with Gasteiger partial charge >= 0.3 is 17.1 Å². The Balaban J connectivity index is 1.52. The summed E-state index contributed by atoms with van der Waals surface area (Å²) in [4.78, 5) is 0. The molecule has 0 aliphatic rings. The summed E-state index contributed by atoms with van der Waals surface area (Å²) in [6, 6.07) is 49.6. The molecular weight excluding hydrogens is 717 g/mol. The first kappa shape index (κ1) is 42.0. The van der Waals surface area contributed by atoms with Crippen LogP contribution in [0.15, 0.2) is 157 Å². The van der Waals surface area contributed by atoms with Crippen molar-refractivity contribution < 1.29 is 27.2 Å². The molecule has 0 aliphatic carbocycles. The van der Waals surface area contributed by atoms with E-state index in [1.54, 1.807) is 7.11 Å². The van der Waals surface area contributed by atoms with Gasteiger partial charge in [0.25, 0.3) is 0 Å². The Hall–Kier alpha value is -4.13. The van der Waals surface area contributed by atoms with Gasteiger partial charge in [0.15, 0.2) is 0 Å². The summed E-state index contributed by atoms with van der Waals surface area (Å²) in [7, 11) is -4.83. The lowest BCUT2D eigenvalue weighted by Gasteiger charge is -2.39. The quantitative estimate of drug-likeness (QED) is 0.0510. The van der Waals surface area contributed by atoms with Crippen molar-refractivity contribution in [3.8, 4) is 5.75 Å². The fourth-order valence-corrected chi connectivity index (χ4v) is 13.6. The Labute approximate surface area is 331 Å². The van der Waals surface area contributed by atoms with E-state index in [9.17, 15) is 0 Å². The highest BCUT2D eigenvalue weighted by atomic mass is 28.4. The van der Waals surface area contributed by atoms with Gasteiger partial charge in [0.1, 0.15) is 5.75 Å². The van der Waals surface area contributed by atoms with Crippen LogP contribution in [0, 0.1) is 0 Å². The number of methoxy groups -OCH3 is 1. The highest BCUT2D eigenvalue weighted by Gasteiger charge is 2.48. The molecular formula is C47H58O6Si2. The summed E-state index contributed by atoms with van der Waals surface area (Å²) >= 11 is 0. The standard InChI is InChI=1S/C47H58O6Si2/c1-38(36-50-54(52-46(2,3)4,42-21-13-9-14-22-42)43-23-15-10-16-24-43)35-41(33-34-49-37-39-29-31-40(48-8)32-30-39)51-55(53-47(5,6)7,44-25-17-11-18-26-44)45-27-19-12-20-28-45/h9-32,35,41H,33-34,36-37H2,1-8H3/b38-35+/t41-/m0/s1. The maximum Gasteiger partial charge on any atom is 0.407 e. The molecule has 0 spiro atoms. The SMILES string of the molecule is COc1ccc(COCC[C@@H](/C=C(\C)CO[Si](OC(C)(C)C)(c2ccccc2)c2ccccc2)O[Si](OC(C)(C)C)(c2ccccc2)c2ccccc2)cc1. The zero-order valence-electron chi connectivity index (χ0n) is 33.8. The van der Waals surface area contributed by atoms with Crippen molar-refractivity contribution in [3.05, 3.63) is 163 Å². The second-order valence-electron chi connectivity index (χ2n) is 15.8. The molecule has 6 nitrogen and oxygen atoms in total. The monoisotopic (exact) mass is 774 g/mol. The number of hydrogen-bond donors (Lipinski definition) is 0. The Kier molecular flexibility index (Phi) is 14.6. The molecule has 8 heteroatoms. The second-order valence-corrected chi connectivity index (χ2v) is 21.5. The molecule has 0 heterocycles. The lowest BCUT2D eigenvalue weighted by Crippen LogP contribution is -2.67. The Morgan fingerprint density at radius 1 is 0.582 bits per heavy atom. The van der Waals surface area contributed by atoms with Gasteiger partial charge in [0, 0.05) is 6.61 Å². The van der Waals surface area contributed by atoms with Crippen LogP contribution in [0.4, 0.5) is 0 Å². The van der Waals surface area contributed by atoms with Crippen LogP contribution in [-0.2, 0) is 29.0 Å². The predicted octanol–water partition coefficient (Wildman–Crippen LogP) is 8.09. The minimum Gasteiger partial charge on any atom is -0.497 e.